The van der Waals surface area contributed by atoms with Gasteiger partial charge in [0.05, 0.1) is 12.7 Å². The third-order valence-electron chi connectivity index (χ3n) is 6.79. The van der Waals surface area contributed by atoms with E-state index in [-0.39, 0.29) is 6.10 Å². The summed E-state index contributed by atoms with van der Waals surface area (Å²) in [6.45, 7) is 6.13. The van der Waals surface area contributed by atoms with E-state index in [1.807, 2.05) is 0 Å². The summed E-state index contributed by atoms with van der Waals surface area (Å²) in [5.41, 5.74) is 1.30. The van der Waals surface area contributed by atoms with Gasteiger partial charge in [-0.2, -0.15) is 0 Å². The molecule has 4 heteroatoms. The zero-order chi connectivity index (χ0) is 17.8. The van der Waals surface area contributed by atoms with Gasteiger partial charge >= 0.3 is 0 Å². The third kappa shape index (κ3) is 4.59. The molecule has 0 amide bonds. The highest BCUT2D eigenvalue weighted by atomic mass is 16.5. The van der Waals surface area contributed by atoms with Gasteiger partial charge in [-0.25, -0.2) is 0 Å². The zero-order valence-corrected chi connectivity index (χ0v) is 15.9. The maximum absolute atomic E-state index is 10.3. The third-order valence-corrected chi connectivity index (χ3v) is 6.79. The van der Waals surface area contributed by atoms with Crippen molar-refractivity contribution in [3.05, 3.63) is 30.3 Å². The van der Waals surface area contributed by atoms with Gasteiger partial charge in [0.1, 0.15) is 0 Å². The molecule has 3 aliphatic rings. The van der Waals surface area contributed by atoms with Gasteiger partial charge in [-0.05, 0) is 55.6 Å². The molecule has 1 saturated heterocycles. The quantitative estimate of drug-likeness (QED) is 0.725. The number of hydrogen-bond donors (Lipinski definition) is 1. The lowest BCUT2D eigenvalue weighted by atomic mass is 9.87. The Morgan fingerprint density at radius 3 is 2.54 bits per heavy atom. The summed E-state index contributed by atoms with van der Waals surface area (Å²) in [6, 6.07) is 10.6. The molecule has 4 nitrogen and oxygen atoms in total. The van der Waals surface area contributed by atoms with Gasteiger partial charge in [0.15, 0.2) is 0 Å². The maximum Gasteiger partial charge on any atom is 0.0900 e. The summed E-state index contributed by atoms with van der Waals surface area (Å²) in [5, 5.41) is 10.3. The van der Waals surface area contributed by atoms with Crippen molar-refractivity contribution in [1.82, 2.24) is 4.90 Å². The van der Waals surface area contributed by atoms with Crippen LogP contribution in [0.15, 0.2) is 30.3 Å². The Kier molecular flexibility index (Phi) is 6.13. The minimum Gasteiger partial charge on any atom is -0.389 e. The summed E-state index contributed by atoms with van der Waals surface area (Å²) in [5.74, 6) is 2.90. The molecule has 26 heavy (non-hydrogen) atoms. The maximum atomic E-state index is 10.3. The number of rotatable bonds is 8. The van der Waals surface area contributed by atoms with Crippen molar-refractivity contribution in [3.8, 4) is 0 Å². The van der Waals surface area contributed by atoms with Gasteiger partial charge in [-0.1, -0.05) is 24.6 Å². The van der Waals surface area contributed by atoms with Crippen molar-refractivity contribution in [2.75, 3.05) is 50.8 Å². The fourth-order valence-corrected chi connectivity index (χ4v) is 5.36. The summed E-state index contributed by atoms with van der Waals surface area (Å²) < 4.78 is 5.81. The van der Waals surface area contributed by atoms with E-state index in [4.69, 9.17) is 4.74 Å². The van der Waals surface area contributed by atoms with E-state index in [0.29, 0.717) is 6.61 Å². The van der Waals surface area contributed by atoms with Gasteiger partial charge < -0.3 is 14.7 Å². The zero-order valence-electron chi connectivity index (χ0n) is 15.9. The first-order valence-electron chi connectivity index (χ1n) is 10.6. The van der Waals surface area contributed by atoms with Gasteiger partial charge in [-0.3, -0.25) is 4.90 Å². The number of aliphatic hydroxyl groups excluding tert-OH is 1. The summed E-state index contributed by atoms with van der Waals surface area (Å²) in [7, 11) is 0. The lowest BCUT2D eigenvalue weighted by Gasteiger charge is -2.36. The van der Waals surface area contributed by atoms with Crippen molar-refractivity contribution in [3.63, 3.8) is 0 Å². The van der Waals surface area contributed by atoms with Gasteiger partial charge in [0, 0.05) is 45.0 Å². The van der Waals surface area contributed by atoms with Gasteiger partial charge in [-0.15, -0.1) is 0 Å². The van der Waals surface area contributed by atoms with Crippen LogP contribution in [0.25, 0.3) is 0 Å². The molecule has 1 aromatic rings. The van der Waals surface area contributed by atoms with Crippen LogP contribution in [-0.2, 0) is 4.74 Å². The fourth-order valence-electron chi connectivity index (χ4n) is 5.36. The normalized spacial score (nSPS) is 30.0. The highest BCUT2D eigenvalue weighted by molar-refractivity contribution is 5.46. The van der Waals surface area contributed by atoms with E-state index >= 15 is 0 Å². The smallest absolute Gasteiger partial charge is 0.0900 e. The van der Waals surface area contributed by atoms with Gasteiger partial charge in [0.2, 0.25) is 0 Å². The number of hydrogen-bond acceptors (Lipinski definition) is 4. The van der Waals surface area contributed by atoms with Crippen LogP contribution in [0.1, 0.15) is 32.1 Å². The van der Waals surface area contributed by atoms with E-state index in [1.54, 1.807) is 0 Å². The molecule has 0 spiro atoms. The fraction of sp³-hybridized carbons (Fsp3) is 0.727. The monoisotopic (exact) mass is 358 g/mol. The van der Waals surface area contributed by atoms with Crippen LogP contribution in [0.3, 0.4) is 0 Å². The van der Waals surface area contributed by atoms with Crippen molar-refractivity contribution < 1.29 is 9.84 Å². The second kappa shape index (κ2) is 8.73. The molecule has 4 rings (SSSR count). The van der Waals surface area contributed by atoms with Crippen LogP contribution in [0, 0.1) is 17.8 Å². The summed E-state index contributed by atoms with van der Waals surface area (Å²) in [4.78, 5) is 4.79. The van der Waals surface area contributed by atoms with Crippen LogP contribution in [0.5, 0.6) is 0 Å². The number of fused-ring (bicyclic) bond motifs is 2. The molecule has 2 saturated carbocycles. The molecular formula is C22H34N2O2. The van der Waals surface area contributed by atoms with Crippen molar-refractivity contribution in [1.29, 1.82) is 0 Å². The first-order valence-corrected chi connectivity index (χ1v) is 10.6. The van der Waals surface area contributed by atoms with Crippen LogP contribution in [-0.4, -0.2) is 62.0 Å². The Morgan fingerprint density at radius 1 is 1.04 bits per heavy atom. The number of benzene rings is 1. The lowest BCUT2D eigenvalue weighted by molar-refractivity contribution is 0.0100. The number of ether oxygens (including phenoxy) is 1. The number of anilines is 1. The highest BCUT2D eigenvalue weighted by Crippen LogP contribution is 2.49. The van der Waals surface area contributed by atoms with E-state index < -0.39 is 0 Å². The first kappa shape index (κ1) is 18.3. The predicted octanol–water partition coefficient (Wildman–Crippen LogP) is 3.01. The minimum absolute atomic E-state index is 0.363. The number of β-amino-alcohol motifs (C(OH)–C–C–N with tert-alkyl or cyclic N) is 1. The Morgan fingerprint density at radius 2 is 1.85 bits per heavy atom. The highest BCUT2D eigenvalue weighted by Gasteiger charge is 2.38. The average Bonchev–Trinajstić information content (AvgIpc) is 3.30. The molecule has 4 atom stereocenters. The molecule has 1 N–H and O–H groups in total. The molecule has 2 aliphatic carbocycles. The number of nitrogens with zero attached hydrogens (tertiary/aromatic N) is 2. The minimum atomic E-state index is -0.363. The van der Waals surface area contributed by atoms with Crippen LogP contribution >= 0.6 is 0 Å². The van der Waals surface area contributed by atoms with Crippen molar-refractivity contribution in [2.45, 2.75) is 38.2 Å². The second-order valence-electron chi connectivity index (χ2n) is 8.58. The number of para-hydroxylation sites is 1. The standard InChI is InChI=1S/C22H34N2O2/c25-22(17-26-13-8-20-15-18-6-7-19(20)14-18)16-23-9-11-24(12-10-23)21-4-2-1-3-5-21/h1-5,18-20,22,25H,6-17H2/t18-,19-,20+,22+/m1/s1. The molecule has 1 aliphatic heterocycles. The molecule has 1 aromatic carbocycles. The van der Waals surface area contributed by atoms with Crippen LogP contribution < -0.4 is 4.90 Å². The van der Waals surface area contributed by atoms with Crippen molar-refractivity contribution in [2.24, 2.45) is 17.8 Å². The Labute approximate surface area is 158 Å². The van der Waals surface area contributed by atoms with E-state index in [1.165, 1.54) is 37.8 Å². The first-order chi connectivity index (χ1) is 12.8. The van der Waals surface area contributed by atoms with Gasteiger partial charge in [0.25, 0.3) is 0 Å². The average molecular weight is 359 g/mol. The van der Waals surface area contributed by atoms with Crippen LogP contribution in [0.4, 0.5) is 5.69 Å². The van der Waals surface area contributed by atoms with Crippen molar-refractivity contribution >= 4 is 5.69 Å². The lowest BCUT2D eigenvalue weighted by Crippen LogP contribution is -2.49. The van der Waals surface area contributed by atoms with Crippen LogP contribution in [0.2, 0.25) is 0 Å². The Balaban J connectivity index is 1.09. The molecular weight excluding hydrogens is 324 g/mol. The Bertz CT molecular complexity index is 544. The second-order valence-corrected chi connectivity index (χ2v) is 8.58. The topological polar surface area (TPSA) is 35.9 Å². The molecule has 0 radical (unpaired) electrons. The van der Waals surface area contributed by atoms with E-state index in [9.17, 15) is 5.11 Å². The Hall–Kier alpha value is -1.10. The summed E-state index contributed by atoms with van der Waals surface area (Å²) in [6.07, 6.45) is 6.66. The molecule has 0 unspecified atom stereocenters. The number of piperazine rings is 1. The molecule has 144 valence electrons. The number of aliphatic hydroxyl groups is 1. The summed E-state index contributed by atoms with van der Waals surface area (Å²) >= 11 is 0. The molecule has 2 bridgehead atoms. The SMILES string of the molecule is O[C@H](COCC[C@H]1C[C@@H]2CC[C@@H]1C2)CN1CCN(c2ccccc2)CC1. The largest absolute Gasteiger partial charge is 0.389 e. The van der Waals surface area contributed by atoms with E-state index in [0.717, 1.165) is 57.1 Å². The molecule has 0 aromatic heterocycles. The molecule has 3 fully saturated rings. The predicted molar refractivity (Wildman–Crippen MR) is 105 cm³/mol. The molecule has 1 heterocycles. The van der Waals surface area contributed by atoms with E-state index in [2.05, 4.69) is 40.1 Å².